The second-order valence-corrected chi connectivity index (χ2v) is 8.01. The van der Waals surface area contributed by atoms with Crippen molar-refractivity contribution in [3.8, 4) is 0 Å². The van der Waals surface area contributed by atoms with E-state index in [1.165, 1.54) is 11.3 Å². The standard InChI is InChI=1S/C14H15N3O4S2/c1-23(20,21)8-9-2-4-10(5-3-9)13(19)17-14-16-11(7-22-14)6-12(15)18/h2-5,7H,6,8H2,1H3,(H2,15,18)(H,16,17,19). The summed E-state index contributed by atoms with van der Waals surface area (Å²) in [4.78, 5) is 27.0. The fraction of sp³-hybridized carbons (Fsp3) is 0.214. The number of carbonyl (C=O) groups excluding carboxylic acids is 2. The van der Waals surface area contributed by atoms with Crippen molar-refractivity contribution in [3.63, 3.8) is 0 Å². The van der Waals surface area contributed by atoms with Crippen LogP contribution in [0.2, 0.25) is 0 Å². The summed E-state index contributed by atoms with van der Waals surface area (Å²) in [5.41, 5.74) is 6.58. The Bertz CT molecular complexity index is 826. The number of anilines is 1. The summed E-state index contributed by atoms with van der Waals surface area (Å²) >= 11 is 1.20. The number of hydrogen-bond donors (Lipinski definition) is 2. The zero-order valence-electron chi connectivity index (χ0n) is 12.3. The molecule has 2 rings (SSSR count). The second kappa shape index (κ2) is 6.88. The number of nitrogens with one attached hydrogen (secondary N) is 1. The molecule has 1 aromatic carbocycles. The van der Waals surface area contributed by atoms with Crippen molar-refractivity contribution >= 4 is 38.1 Å². The van der Waals surface area contributed by atoms with Crippen LogP contribution in [0.1, 0.15) is 21.6 Å². The van der Waals surface area contributed by atoms with Gasteiger partial charge in [-0.1, -0.05) is 12.1 Å². The van der Waals surface area contributed by atoms with Crippen molar-refractivity contribution in [1.82, 2.24) is 4.98 Å². The summed E-state index contributed by atoms with van der Waals surface area (Å²) in [6.07, 6.45) is 1.17. The first-order valence-electron chi connectivity index (χ1n) is 6.53. The highest BCUT2D eigenvalue weighted by atomic mass is 32.2. The van der Waals surface area contributed by atoms with Crippen molar-refractivity contribution in [2.45, 2.75) is 12.2 Å². The topological polar surface area (TPSA) is 119 Å². The minimum absolute atomic E-state index is 0.0204. The lowest BCUT2D eigenvalue weighted by atomic mass is 10.1. The van der Waals surface area contributed by atoms with E-state index in [1.807, 2.05) is 0 Å². The number of sulfone groups is 1. The third-order valence-electron chi connectivity index (χ3n) is 2.77. The first-order chi connectivity index (χ1) is 10.7. The molecule has 7 nitrogen and oxygen atoms in total. The van der Waals surface area contributed by atoms with E-state index in [-0.39, 0.29) is 18.1 Å². The van der Waals surface area contributed by atoms with Gasteiger partial charge in [0.05, 0.1) is 17.9 Å². The Morgan fingerprint density at radius 2 is 1.91 bits per heavy atom. The van der Waals surface area contributed by atoms with Crippen LogP contribution >= 0.6 is 11.3 Å². The molecule has 0 aliphatic rings. The van der Waals surface area contributed by atoms with Gasteiger partial charge in [0.2, 0.25) is 5.91 Å². The largest absolute Gasteiger partial charge is 0.369 e. The van der Waals surface area contributed by atoms with Gasteiger partial charge in [0.1, 0.15) is 0 Å². The number of nitrogens with two attached hydrogens (primary N) is 1. The summed E-state index contributed by atoms with van der Waals surface area (Å²) in [7, 11) is -3.11. The average Bonchev–Trinajstić information content (AvgIpc) is 2.84. The predicted octanol–water partition coefficient (Wildman–Crippen LogP) is 0.968. The summed E-state index contributed by atoms with van der Waals surface area (Å²) in [6, 6.07) is 6.29. The number of amides is 2. The molecule has 0 bridgehead atoms. The quantitative estimate of drug-likeness (QED) is 0.802. The number of benzene rings is 1. The van der Waals surface area contributed by atoms with E-state index < -0.39 is 15.7 Å². The zero-order chi connectivity index (χ0) is 17.0. The highest BCUT2D eigenvalue weighted by Crippen LogP contribution is 2.17. The molecule has 0 spiro atoms. The molecule has 0 aliphatic heterocycles. The third-order valence-corrected chi connectivity index (χ3v) is 4.44. The maximum atomic E-state index is 12.1. The van der Waals surface area contributed by atoms with Crippen LogP contribution in [-0.2, 0) is 26.8 Å². The molecule has 0 atom stereocenters. The molecule has 0 unspecified atom stereocenters. The summed E-state index contributed by atoms with van der Waals surface area (Å²) < 4.78 is 22.4. The number of aromatic nitrogens is 1. The Labute approximate surface area is 137 Å². The second-order valence-electron chi connectivity index (χ2n) is 5.01. The lowest BCUT2D eigenvalue weighted by Gasteiger charge is -2.03. The van der Waals surface area contributed by atoms with Gasteiger partial charge in [-0.05, 0) is 17.7 Å². The number of carbonyl (C=O) groups is 2. The number of thiazole rings is 1. The molecule has 0 fully saturated rings. The number of hydrogen-bond acceptors (Lipinski definition) is 6. The van der Waals surface area contributed by atoms with E-state index >= 15 is 0 Å². The van der Waals surface area contributed by atoms with Crippen LogP contribution in [0, 0.1) is 0 Å². The molecule has 1 aromatic heterocycles. The molecule has 0 radical (unpaired) electrons. The van der Waals surface area contributed by atoms with Crippen LogP contribution in [-0.4, -0.2) is 31.5 Å². The van der Waals surface area contributed by atoms with Crippen LogP contribution in [0.25, 0.3) is 0 Å². The fourth-order valence-corrected chi connectivity index (χ4v) is 3.35. The molecule has 1 heterocycles. The van der Waals surface area contributed by atoms with Crippen LogP contribution in [0.4, 0.5) is 5.13 Å². The van der Waals surface area contributed by atoms with Crippen molar-refractivity contribution in [2.75, 3.05) is 11.6 Å². The lowest BCUT2D eigenvalue weighted by molar-refractivity contribution is -0.117. The van der Waals surface area contributed by atoms with E-state index in [0.29, 0.717) is 22.0 Å². The van der Waals surface area contributed by atoms with Gasteiger partial charge in [-0.25, -0.2) is 13.4 Å². The molecule has 2 amide bonds. The SMILES string of the molecule is CS(=O)(=O)Cc1ccc(C(=O)Nc2nc(CC(N)=O)cs2)cc1. The Kier molecular flexibility index (Phi) is 5.12. The maximum Gasteiger partial charge on any atom is 0.257 e. The Morgan fingerprint density at radius 1 is 1.26 bits per heavy atom. The first-order valence-corrected chi connectivity index (χ1v) is 9.48. The molecule has 3 N–H and O–H groups in total. The van der Waals surface area contributed by atoms with Crippen molar-refractivity contribution in [3.05, 3.63) is 46.5 Å². The minimum Gasteiger partial charge on any atom is -0.369 e. The molecule has 2 aromatic rings. The molecule has 0 saturated heterocycles. The minimum atomic E-state index is -3.11. The summed E-state index contributed by atoms with van der Waals surface area (Å²) in [5, 5.41) is 4.63. The maximum absolute atomic E-state index is 12.1. The molecular formula is C14H15N3O4S2. The smallest absolute Gasteiger partial charge is 0.257 e. The van der Waals surface area contributed by atoms with Gasteiger partial charge in [-0.3, -0.25) is 14.9 Å². The highest BCUT2D eigenvalue weighted by molar-refractivity contribution is 7.89. The lowest BCUT2D eigenvalue weighted by Crippen LogP contribution is -2.14. The highest BCUT2D eigenvalue weighted by Gasteiger charge is 2.11. The van der Waals surface area contributed by atoms with Gasteiger partial charge in [-0.15, -0.1) is 11.3 Å². The van der Waals surface area contributed by atoms with Gasteiger partial charge in [-0.2, -0.15) is 0 Å². The molecular weight excluding hydrogens is 338 g/mol. The van der Waals surface area contributed by atoms with Crippen molar-refractivity contribution in [1.29, 1.82) is 0 Å². The third kappa shape index (κ3) is 5.46. The van der Waals surface area contributed by atoms with Gasteiger partial charge in [0.15, 0.2) is 15.0 Å². The van der Waals surface area contributed by atoms with Crippen molar-refractivity contribution in [2.24, 2.45) is 5.73 Å². The zero-order valence-corrected chi connectivity index (χ0v) is 13.9. The van der Waals surface area contributed by atoms with Crippen LogP contribution in [0.5, 0.6) is 0 Å². The number of rotatable bonds is 6. The van der Waals surface area contributed by atoms with E-state index in [2.05, 4.69) is 10.3 Å². The molecule has 23 heavy (non-hydrogen) atoms. The summed E-state index contributed by atoms with van der Waals surface area (Å²) in [6.45, 7) is 0. The predicted molar refractivity (Wildman–Crippen MR) is 88.0 cm³/mol. The van der Waals surface area contributed by atoms with Gasteiger partial charge < -0.3 is 5.73 Å². The van der Waals surface area contributed by atoms with Crippen LogP contribution in [0.15, 0.2) is 29.6 Å². The molecule has 0 saturated carbocycles. The fourth-order valence-electron chi connectivity index (χ4n) is 1.85. The Hall–Kier alpha value is -2.26. The van der Waals surface area contributed by atoms with E-state index in [4.69, 9.17) is 5.73 Å². The monoisotopic (exact) mass is 353 g/mol. The molecule has 0 aliphatic carbocycles. The number of primary amides is 1. The Balaban J connectivity index is 2.03. The first kappa shape index (κ1) is 17.1. The van der Waals surface area contributed by atoms with Crippen LogP contribution < -0.4 is 11.1 Å². The van der Waals surface area contributed by atoms with E-state index in [0.717, 1.165) is 6.26 Å². The van der Waals surface area contributed by atoms with E-state index in [9.17, 15) is 18.0 Å². The van der Waals surface area contributed by atoms with Crippen LogP contribution in [0.3, 0.4) is 0 Å². The van der Waals surface area contributed by atoms with E-state index in [1.54, 1.807) is 29.6 Å². The number of nitrogens with zero attached hydrogens (tertiary/aromatic N) is 1. The van der Waals surface area contributed by atoms with Crippen molar-refractivity contribution < 1.29 is 18.0 Å². The summed E-state index contributed by atoms with van der Waals surface area (Å²) in [5.74, 6) is -0.928. The average molecular weight is 353 g/mol. The molecule has 9 heteroatoms. The Morgan fingerprint density at radius 3 is 2.48 bits per heavy atom. The van der Waals surface area contributed by atoms with Gasteiger partial charge in [0.25, 0.3) is 5.91 Å². The normalized spacial score (nSPS) is 11.2. The van der Waals surface area contributed by atoms with Gasteiger partial charge in [0, 0.05) is 17.2 Å². The van der Waals surface area contributed by atoms with Gasteiger partial charge >= 0.3 is 0 Å². The molecule has 122 valence electrons.